The van der Waals surface area contributed by atoms with E-state index in [-0.39, 0.29) is 17.9 Å². The molecule has 1 N–H and O–H groups in total. The van der Waals surface area contributed by atoms with Crippen molar-refractivity contribution in [2.75, 3.05) is 11.9 Å². The second-order valence-corrected chi connectivity index (χ2v) is 6.74. The van der Waals surface area contributed by atoms with Gasteiger partial charge in [-0.05, 0) is 49.1 Å². The first-order valence-electron chi connectivity index (χ1n) is 8.96. The summed E-state index contributed by atoms with van der Waals surface area (Å²) in [4.78, 5) is 25.7. The predicted octanol–water partition coefficient (Wildman–Crippen LogP) is 4.33. The lowest BCUT2D eigenvalue weighted by Gasteiger charge is -2.24. The van der Waals surface area contributed by atoms with Crippen LogP contribution < -0.4 is 5.32 Å². The van der Waals surface area contributed by atoms with Crippen LogP contribution in [0.2, 0.25) is 0 Å². The van der Waals surface area contributed by atoms with Crippen molar-refractivity contribution in [2.24, 2.45) is 0 Å². The van der Waals surface area contributed by atoms with Crippen molar-refractivity contribution in [1.82, 2.24) is 4.90 Å². The largest absolute Gasteiger partial charge is 0.332 e. The summed E-state index contributed by atoms with van der Waals surface area (Å²) in [5.41, 5.74) is 4.11. The molecular weight excluding hydrogens is 324 g/mol. The van der Waals surface area contributed by atoms with Crippen LogP contribution in [-0.2, 0) is 9.59 Å². The minimum atomic E-state index is -0.0975. The molecule has 4 heteroatoms. The van der Waals surface area contributed by atoms with Gasteiger partial charge in [0.05, 0.1) is 6.04 Å². The van der Waals surface area contributed by atoms with Crippen LogP contribution in [-0.4, -0.2) is 23.3 Å². The van der Waals surface area contributed by atoms with Gasteiger partial charge in [0.1, 0.15) is 0 Å². The summed E-state index contributed by atoms with van der Waals surface area (Å²) in [6.07, 6.45) is 5.50. The van der Waals surface area contributed by atoms with Crippen LogP contribution in [0, 0.1) is 6.92 Å². The van der Waals surface area contributed by atoms with Crippen LogP contribution >= 0.6 is 0 Å². The molecule has 0 aliphatic carbocycles. The smallest absolute Gasteiger partial charge is 0.247 e. The summed E-state index contributed by atoms with van der Waals surface area (Å²) in [5.74, 6) is -0.0568. The number of likely N-dealkylation sites (tertiary alicyclic amines) is 1. The Kier molecular flexibility index (Phi) is 5.52. The van der Waals surface area contributed by atoms with Gasteiger partial charge >= 0.3 is 0 Å². The molecule has 0 radical (unpaired) electrons. The molecule has 1 aliphatic heterocycles. The van der Waals surface area contributed by atoms with Crippen LogP contribution in [0.4, 0.5) is 5.69 Å². The normalized spacial score (nSPS) is 16.8. The summed E-state index contributed by atoms with van der Waals surface area (Å²) < 4.78 is 0. The molecule has 3 rings (SSSR count). The lowest BCUT2D eigenvalue weighted by molar-refractivity contribution is -0.126. The van der Waals surface area contributed by atoms with Gasteiger partial charge in [-0.2, -0.15) is 0 Å². The minimum absolute atomic E-state index is 0.0408. The number of hydrogen-bond donors (Lipinski definition) is 1. The summed E-state index contributed by atoms with van der Waals surface area (Å²) >= 11 is 0. The SMILES string of the molecule is CC(=O)Nc1ccc(/C=C/C(=O)N2CCCC2c2ccc(C)cc2)cc1. The van der Waals surface area contributed by atoms with E-state index in [0.717, 1.165) is 30.6 Å². The fourth-order valence-corrected chi connectivity index (χ4v) is 3.31. The van der Waals surface area contributed by atoms with Crippen molar-refractivity contribution in [3.05, 3.63) is 71.3 Å². The summed E-state index contributed by atoms with van der Waals surface area (Å²) in [7, 11) is 0. The minimum Gasteiger partial charge on any atom is -0.332 e. The number of benzene rings is 2. The predicted molar refractivity (Wildman–Crippen MR) is 105 cm³/mol. The molecular formula is C22H24N2O2. The topological polar surface area (TPSA) is 49.4 Å². The van der Waals surface area contributed by atoms with Gasteiger partial charge in [0.25, 0.3) is 0 Å². The van der Waals surface area contributed by atoms with Gasteiger partial charge in [0.15, 0.2) is 0 Å². The zero-order chi connectivity index (χ0) is 18.5. The van der Waals surface area contributed by atoms with E-state index in [2.05, 4.69) is 36.5 Å². The van der Waals surface area contributed by atoms with Crippen molar-refractivity contribution >= 4 is 23.6 Å². The maximum Gasteiger partial charge on any atom is 0.247 e. The first-order valence-corrected chi connectivity index (χ1v) is 8.96. The fourth-order valence-electron chi connectivity index (χ4n) is 3.31. The van der Waals surface area contributed by atoms with Gasteiger partial charge in [-0.3, -0.25) is 9.59 Å². The van der Waals surface area contributed by atoms with E-state index < -0.39 is 0 Å². The molecule has 2 aromatic carbocycles. The maximum absolute atomic E-state index is 12.7. The van der Waals surface area contributed by atoms with E-state index in [1.54, 1.807) is 6.08 Å². The highest BCUT2D eigenvalue weighted by Gasteiger charge is 2.28. The summed E-state index contributed by atoms with van der Waals surface area (Å²) in [6, 6.07) is 16.0. The number of amides is 2. The zero-order valence-corrected chi connectivity index (χ0v) is 15.2. The number of rotatable bonds is 4. The lowest BCUT2D eigenvalue weighted by Crippen LogP contribution is -2.28. The van der Waals surface area contributed by atoms with Crippen LogP contribution in [0.15, 0.2) is 54.6 Å². The second kappa shape index (κ2) is 8.00. The molecule has 0 spiro atoms. The van der Waals surface area contributed by atoms with Gasteiger partial charge in [0, 0.05) is 25.2 Å². The number of nitrogens with zero attached hydrogens (tertiary/aromatic N) is 1. The number of carbonyl (C=O) groups is 2. The molecule has 1 aliphatic rings. The first kappa shape index (κ1) is 17.9. The van der Waals surface area contributed by atoms with Crippen molar-refractivity contribution < 1.29 is 9.59 Å². The molecule has 26 heavy (non-hydrogen) atoms. The van der Waals surface area contributed by atoms with Crippen LogP contribution in [0.3, 0.4) is 0 Å². The average molecular weight is 348 g/mol. The Hall–Kier alpha value is -2.88. The Labute approximate surface area is 154 Å². The third-order valence-corrected chi connectivity index (χ3v) is 4.65. The van der Waals surface area contributed by atoms with E-state index in [1.807, 2.05) is 35.2 Å². The highest BCUT2D eigenvalue weighted by molar-refractivity contribution is 5.92. The molecule has 2 amide bonds. The van der Waals surface area contributed by atoms with Crippen LogP contribution in [0.1, 0.15) is 42.5 Å². The molecule has 0 bridgehead atoms. The molecule has 1 heterocycles. The van der Waals surface area contributed by atoms with Crippen molar-refractivity contribution in [3.8, 4) is 0 Å². The van der Waals surface area contributed by atoms with E-state index in [0.29, 0.717) is 0 Å². The standard InChI is InChI=1S/C22H24N2O2/c1-16-5-10-19(11-6-16)21-4-3-15-24(21)22(26)14-9-18-7-12-20(13-8-18)23-17(2)25/h5-14,21H,3-4,15H2,1-2H3,(H,23,25)/b14-9+. The van der Waals surface area contributed by atoms with Gasteiger partial charge in [-0.1, -0.05) is 42.0 Å². The van der Waals surface area contributed by atoms with E-state index in [1.165, 1.54) is 18.1 Å². The number of anilines is 1. The third kappa shape index (κ3) is 4.39. The average Bonchev–Trinajstić information content (AvgIpc) is 3.11. The quantitative estimate of drug-likeness (QED) is 0.836. The highest BCUT2D eigenvalue weighted by atomic mass is 16.2. The monoisotopic (exact) mass is 348 g/mol. The van der Waals surface area contributed by atoms with E-state index in [9.17, 15) is 9.59 Å². The molecule has 1 saturated heterocycles. The fraction of sp³-hybridized carbons (Fsp3) is 0.273. The Morgan fingerprint density at radius 3 is 2.42 bits per heavy atom. The van der Waals surface area contributed by atoms with Crippen molar-refractivity contribution in [3.63, 3.8) is 0 Å². The number of aryl methyl sites for hydroxylation is 1. The molecule has 0 aromatic heterocycles. The molecule has 0 saturated carbocycles. The summed E-state index contributed by atoms with van der Waals surface area (Å²) in [5, 5.41) is 2.73. The zero-order valence-electron chi connectivity index (χ0n) is 15.2. The Morgan fingerprint density at radius 1 is 1.08 bits per heavy atom. The Morgan fingerprint density at radius 2 is 1.77 bits per heavy atom. The third-order valence-electron chi connectivity index (χ3n) is 4.65. The molecule has 4 nitrogen and oxygen atoms in total. The lowest BCUT2D eigenvalue weighted by atomic mass is 10.0. The number of nitrogens with one attached hydrogen (secondary N) is 1. The van der Waals surface area contributed by atoms with Crippen LogP contribution in [0.5, 0.6) is 0 Å². The summed E-state index contributed by atoms with van der Waals surface area (Å²) in [6.45, 7) is 4.34. The van der Waals surface area contributed by atoms with Gasteiger partial charge in [-0.25, -0.2) is 0 Å². The van der Waals surface area contributed by atoms with Crippen molar-refractivity contribution in [1.29, 1.82) is 0 Å². The molecule has 1 fully saturated rings. The molecule has 134 valence electrons. The van der Waals surface area contributed by atoms with Gasteiger partial charge in [-0.15, -0.1) is 0 Å². The number of hydrogen-bond acceptors (Lipinski definition) is 2. The highest BCUT2D eigenvalue weighted by Crippen LogP contribution is 2.32. The van der Waals surface area contributed by atoms with Gasteiger partial charge in [0.2, 0.25) is 11.8 Å². The Bertz CT molecular complexity index is 807. The molecule has 1 unspecified atom stereocenters. The van der Waals surface area contributed by atoms with E-state index >= 15 is 0 Å². The Balaban J connectivity index is 1.67. The van der Waals surface area contributed by atoms with Gasteiger partial charge < -0.3 is 10.2 Å². The van der Waals surface area contributed by atoms with Crippen LogP contribution in [0.25, 0.3) is 6.08 Å². The second-order valence-electron chi connectivity index (χ2n) is 6.74. The molecule has 2 aromatic rings. The van der Waals surface area contributed by atoms with Crippen molar-refractivity contribution in [2.45, 2.75) is 32.7 Å². The molecule has 1 atom stereocenters. The number of carbonyl (C=O) groups excluding carboxylic acids is 2. The van der Waals surface area contributed by atoms with E-state index in [4.69, 9.17) is 0 Å². The maximum atomic E-state index is 12.7. The first-order chi connectivity index (χ1) is 12.5.